The molecule has 0 N–H and O–H groups in total. The van der Waals surface area contributed by atoms with Crippen molar-refractivity contribution in [2.75, 3.05) is 20.2 Å². The third-order valence-corrected chi connectivity index (χ3v) is 3.29. The second-order valence-corrected chi connectivity index (χ2v) is 4.59. The molecule has 1 aromatic carbocycles. The van der Waals surface area contributed by atoms with Crippen LogP contribution in [0.25, 0.3) is 0 Å². The maximum absolute atomic E-state index is 13.6. The number of rotatable bonds is 2. The number of hydrogen-bond acceptors (Lipinski definition) is 2. The number of nitrogens with zero attached hydrogens (tertiary/aromatic N) is 1. The summed E-state index contributed by atoms with van der Waals surface area (Å²) in [4.78, 5) is 13.4. The molecule has 20 heavy (non-hydrogen) atoms. The normalized spacial score (nSPS) is 19.4. The molecule has 0 aliphatic carbocycles. The summed E-state index contributed by atoms with van der Waals surface area (Å²) in [6, 6.07) is 1.84. The fourth-order valence-corrected chi connectivity index (χ4v) is 2.14. The van der Waals surface area contributed by atoms with Gasteiger partial charge in [0.1, 0.15) is 5.82 Å². The average Bonchev–Trinajstić information content (AvgIpc) is 2.86. The van der Waals surface area contributed by atoms with Crippen molar-refractivity contribution in [1.82, 2.24) is 4.90 Å². The zero-order valence-electron chi connectivity index (χ0n) is 10.7. The van der Waals surface area contributed by atoms with E-state index in [-0.39, 0.29) is 12.6 Å². The van der Waals surface area contributed by atoms with Crippen molar-refractivity contribution < 1.29 is 27.1 Å². The second kappa shape index (κ2) is 5.40. The highest BCUT2D eigenvalue weighted by Crippen LogP contribution is 2.31. The van der Waals surface area contributed by atoms with E-state index in [4.69, 9.17) is 4.74 Å². The highest BCUT2D eigenvalue weighted by atomic mass is 19.4. The van der Waals surface area contributed by atoms with Gasteiger partial charge in [-0.25, -0.2) is 4.39 Å². The van der Waals surface area contributed by atoms with Crippen molar-refractivity contribution in [2.24, 2.45) is 0 Å². The van der Waals surface area contributed by atoms with E-state index in [0.29, 0.717) is 31.2 Å². The van der Waals surface area contributed by atoms with E-state index in [9.17, 15) is 22.4 Å². The standard InChI is InChI=1S/C13H13F4NO2/c1-20-9-4-5-18(7-9)12(19)10-6-8(13(15,16)17)2-3-11(10)14/h2-3,6,9H,4-5,7H2,1H3. The van der Waals surface area contributed by atoms with Crippen molar-refractivity contribution in [3.63, 3.8) is 0 Å². The lowest BCUT2D eigenvalue weighted by Gasteiger charge is -2.17. The van der Waals surface area contributed by atoms with Gasteiger partial charge in [0.15, 0.2) is 0 Å². The predicted molar refractivity (Wildman–Crippen MR) is 62.7 cm³/mol. The van der Waals surface area contributed by atoms with Gasteiger partial charge in [-0.2, -0.15) is 13.2 Å². The predicted octanol–water partition coefficient (Wildman–Crippen LogP) is 2.71. The lowest BCUT2D eigenvalue weighted by molar-refractivity contribution is -0.137. The van der Waals surface area contributed by atoms with Crippen LogP contribution in [0.1, 0.15) is 22.3 Å². The summed E-state index contributed by atoms with van der Waals surface area (Å²) in [7, 11) is 1.49. The molecular weight excluding hydrogens is 278 g/mol. The molecule has 1 atom stereocenters. The molecular formula is C13H13F4NO2. The number of halogens is 4. The first-order chi connectivity index (χ1) is 9.32. The molecule has 3 nitrogen and oxygen atoms in total. The van der Waals surface area contributed by atoms with E-state index in [0.717, 1.165) is 0 Å². The SMILES string of the molecule is COC1CCN(C(=O)c2cc(C(F)(F)F)ccc2F)C1. The highest BCUT2D eigenvalue weighted by molar-refractivity contribution is 5.95. The topological polar surface area (TPSA) is 29.5 Å². The minimum Gasteiger partial charge on any atom is -0.380 e. The number of amides is 1. The Hall–Kier alpha value is -1.63. The van der Waals surface area contributed by atoms with E-state index in [2.05, 4.69) is 0 Å². The van der Waals surface area contributed by atoms with Gasteiger partial charge in [0.2, 0.25) is 0 Å². The zero-order chi connectivity index (χ0) is 14.9. The van der Waals surface area contributed by atoms with E-state index in [1.807, 2.05) is 0 Å². The summed E-state index contributed by atoms with van der Waals surface area (Å²) >= 11 is 0. The molecule has 1 fully saturated rings. The Kier molecular flexibility index (Phi) is 3.99. The molecule has 1 heterocycles. The van der Waals surface area contributed by atoms with Crippen molar-refractivity contribution in [3.05, 3.63) is 35.1 Å². The molecule has 1 amide bonds. The Labute approximate surface area is 113 Å². The molecule has 2 rings (SSSR count). The summed E-state index contributed by atoms with van der Waals surface area (Å²) in [6.07, 6.45) is -4.18. The van der Waals surface area contributed by atoms with Gasteiger partial charge in [0, 0.05) is 20.2 Å². The Morgan fingerprint density at radius 1 is 1.40 bits per heavy atom. The Morgan fingerprint density at radius 3 is 2.65 bits per heavy atom. The highest BCUT2D eigenvalue weighted by Gasteiger charge is 2.33. The van der Waals surface area contributed by atoms with E-state index in [1.165, 1.54) is 12.0 Å². The Bertz CT molecular complexity index is 516. The summed E-state index contributed by atoms with van der Waals surface area (Å²) in [5.41, 5.74) is -1.60. The van der Waals surface area contributed by atoms with Crippen LogP contribution in [0, 0.1) is 5.82 Å². The fraction of sp³-hybridized carbons (Fsp3) is 0.462. The summed E-state index contributed by atoms with van der Waals surface area (Å²) in [5.74, 6) is -1.70. The lowest BCUT2D eigenvalue weighted by atomic mass is 10.1. The first-order valence-corrected chi connectivity index (χ1v) is 6.01. The quantitative estimate of drug-likeness (QED) is 0.784. The number of carbonyl (C=O) groups is 1. The van der Waals surface area contributed by atoms with Gasteiger partial charge in [0.05, 0.1) is 17.2 Å². The first kappa shape index (κ1) is 14.8. The van der Waals surface area contributed by atoms with Gasteiger partial charge in [-0.1, -0.05) is 0 Å². The summed E-state index contributed by atoms with van der Waals surface area (Å²) in [6.45, 7) is 0.595. The number of methoxy groups -OCH3 is 1. The molecule has 1 saturated heterocycles. The Balaban J connectivity index is 2.26. The number of benzene rings is 1. The van der Waals surface area contributed by atoms with Crippen LogP contribution in [-0.2, 0) is 10.9 Å². The van der Waals surface area contributed by atoms with E-state index >= 15 is 0 Å². The average molecular weight is 291 g/mol. The molecule has 0 saturated carbocycles. The fourth-order valence-electron chi connectivity index (χ4n) is 2.14. The number of alkyl halides is 3. The van der Waals surface area contributed by atoms with Crippen LogP contribution in [0.15, 0.2) is 18.2 Å². The molecule has 0 spiro atoms. The number of likely N-dealkylation sites (tertiary alicyclic amines) is 1. The van der Waals surface area contributed by atoms with Crippen LogP contribution < -0.4 is 0 Å². The summed E-state index contributed by atoms with van der Waals surface area (Å²) < 4.78 is 56.4. The van der Waals surface area contributed by atoms with E-state index in [1.54, 1.807) is 0 Å². The van der Waals surface area contributed by atoms with Crippen LogP contribution in [0.3, 0.4) is 0 Å². The lowest BCUT2D eigenvalue weighted by Crippen LogP contribution is -2.30. The maximum atomic E-state index is 13.6. The third kappa shape index (κ3) is 2.92. The number of carbonyl (C=O) groups excluding carboxylic acids is 1. The molecule has 1 unspecified atom stereocenters. The molecule has 0 bridgehead atoms. The van der Waals surface area contributed by atoms with Gasteiger partial charge in [-0.15, -0.1) is 0 Å². The van der Waals surface area contributed by atoms with Gasteiger partial charge < -0.3 is 9.64 Å². The van der Waals surface area contributed by atoms with Gasteiger partial charge in [-0.05, 0) is 24.6 Å². The number of hydrogen-bond donors (Lipinski definition) is 0. The van der Waals surface area contributed by atoms with Gasteiger partial charge in [-0.3, -0.25) is 4.79 Å². The third-order valence-electron chi connectivity index (χ3n) is 3.29. The molecule has 1 aliphatic heterocycles. The van der Waals surface area contributed by atoms with Crippen molar-refractivity contribution >= 4 is 5.91 Å². The van der Waals surface area contributed by atoms with E-state index < -0.39 is 29.0 Å². The molecule has 110 valence electrons. The van der Waals surface area contributed by atoms with Gasteiger partial charge in [0.25, 0.3) is 5.91 Å². The van der Waals surface area contributed by atoms with Crippen molar-refractivity contribution in [2.45, 2.75) is 18.7 Å². The molecule has 1 aliphatic rings. The summed E-state index contributed by atoms with van der Waals surface area (Å²) in [5, 5.41) is 0. The molecule has 7 heteroatoms. The second-order valence-electron chi connectivity index (χ2n) is 4.59. The van der Waals surface area contributed by atoms with Crippen LogP contribution in [0.5, 0.6) is 0 Å². The minimum atomic E-state index is -4.61. The zero-order valence-corrected chi connectivity index (χ0v) is 10.7. The van der Waals surface area contributed by atoms with Crippen molar-refractivity contribution in [1.29, 1.82) is 0 Å². The first-order valence-electron chi connectivity index (χ1n) is 6.01. The maximum Gasteiger partial charge on any atom is 0.416 e. The van der Waals surface area contributed by atoms with Crippen LogP contribution in [0.4, 0.5) is 17.6 Å². The Morgan fingerprint density at radius 2 is 2.10 bits per heavy atom. The van der Waals surface area contributed by atoms with Gasteiger partial charge >= 0.3 is 6.18 Å². The molecule has 1 aromatic rings. The van der Waals surface area contributed by atoms with Crippen LogP contribution >= 0.6 is 0 Å². The van der Waals surface area contributed by atoms with Crippen molar-refractivity contribution in [3.8, 4) is 0 Å². The molecule has 0 radical (unpaired) electrons. The minimum absolute atomic E-state index is 0.159. The monoisotopic (exact) mass is 291 g/mol. The van der Waals surface area contributed by atoms with Crippen LogP contribution in [-0.4, -0.2) is 37.1 Å². The van der Waals surface area contributed by atoms with Crippen LogP contribution in [0.2, 0.25) is 0 Å². The largest absolute Gasteiger partial charge is 0.416 e. The smallest absolute Gasteiger partial charge is 0.380 e. The molecule has 0 aromatic heterocycles. The number of ether oxygens (including phenoxy) is 1.